The van der Waals surface area contributed by atoms with Gasteiger partial charge in [0.05, 0.1) is 22.4 Å². The average Bonchev–Trinajstić information content (AvgIpc) is 2.93. The summed E-state index contributed by atoms with van der Waals surface area (Å²) in [4.78, 5) is 0. The second-order valence-corrected chi connectivity index (χ2v) is 10.4. The Labute approximate surface area is 177 Å². The lowest BCUT2D eigenvalue weighted by atomic mass is 9.71. The van der Waals surface area contributed by atoms with Gasteiger partial charge < -0.3 is 18.6 Å². The number of hydrogen-bond acceptors (Lipinski definition) is 4. The van der Waals surface area contributed by atoms with Crippen molar-refractivity contribution in [1.29, 1.82) is 0 Å². The highest BCUT2D eigenvalue weighted by molar-refractivity contribution is 6.62. The molecule has 0 N–H and O–H groups in total. The predicted octanol–water partition coefficient (Wildman–Crippen LogP) is 4.74. The SMILES string of the molecule is C=CC[C@@H](CB1OC(C)(C)C(C)(C)O1)c1cccc(B2OC(C)(C)C(C)(C)O2)c1. The summed E-state index contributed by atoms with van der Waals surface area (Å²) >= 11 is 0. The second kappa shape index (κ2) is 7.56. The summed E-state index contributed by atoms with van der Waals surface area (Å²) in [7, 11) is -0.591. The number of benzene rings is 1. The zero-order valence-corrected chi connectivity index (χ0v) is 19.4. The Bertz CT molecular complexity index is 725. The fraction of sp³-hybridized carbons (Fsp3) is 0.652. The van der Waals surface area contributed by atoms with Gasteiger partial charge in [0.1, 0.15) is 0 Å². The van der Waals surface area contributed by atoms with Crippen LogP contribution in [0.15, 0.2) is 36.9 Å². The molecule has 0 amide bonds. The van der Waals surface area contributed by atoms with Crippen molar-refractivity contribution in [3.63, 3.8) is 0 Å². The van der Waals surface area contributed by atoms with Gasteiger partial charge >= 0.3 is 14.2 Å². The number of hydrogen-bond donors (Lipinski definition) is 0. The van der Waals surface area contributed by atoms with Gasteiger partial charge in [-0.2, -0.15) is 0 Å². The lowest BCUT2D eigenvalue weighted by Crippen LogP contribution is -2.41. The van der Waals surface area contributed by atoms with Gasteiger partial charge in [-0.15, -0.1) is 6.58 Å². The van der Waals surface area contributed by atoms with E-state index in [0.29, 0.717) is 0 Å². The summed E-state index contributed by atoms with van der Waals surface area (Å²) in [6.45, 7) is 20.6. The molecule has 0 spiro atoms. The van der Waals surface area contributed by atoms with Gasteiger partial charge in [-0.05, 0) is 85.1 Å². The molecule has 0 aliphatic carbocycles. The van der Waals surface area contributed by atoms with E-state index in [1.54, 1.807) is 0 Å². The van der Waals surface area contributed by atoms with Crippen molar-refractivity contribution in [2.45, 2.75) is 96.5 Å². The summed E-state index contributed by atoms with van der Waals surface area (Å²) in [5.74, 6) is 0.254. The first-order valence-corrected chi connectivity index (χ1v) is 10.7. The highest BCUT2D eigenvalue weighted by Gasteiger charge is 2.52. The molecule has 1 atom stereocenters. The summed E-state index contributed by atoms with van der Waals surface area (Å²) in [6, 6.07) is 8.51. The maximum absolute atomic E-state index is 6.24. The van der Waals surface area contributed by atoms with Gasteiger partial charge in [-0.25, -0.2) is 0 Å². The van der Waals surface area contributed by atoms with Crippen LogP contribution in [0.5, 0.6) is 0 Å². The van der Waals surface area contributed by atoms with Crippen molar-refractivity contribution in [1.82, 2.24) is 0 Å². The quantitative estimate of drug-likeness (QED) is 0.513. The molecule has 0 aromatic heterocycles. The van der Waals surface area contributed by atoms with Crippen LogP contribution in [0.3, 0.4) is 0 Å². The molecule has 0 bridgehead atoms. The molecule has 2 aliphatic rings. The zero-order valence-electron chi connectivity index (χ0n) is 19.4. The molecule has 0 saturated carbocycles. The fourth-order valence-corrected chi connectivity index (χ4v) is 3.80. The van der Waals surface area contributed by atoms with Gasteiger partial charge in [-0.3, -0.25) is 0 Å². The van der Waals surface area contributed by atoms with Crippen LogP contribution in [0, 0.1) is 0 Å². The van der Waals surface area contributed by atoms with Crippen molar-refractivity contribution in [2.24, 2.45) is 0 Å². The van der Waals surface area contributed by atoms with Crippen molar-refractivity contribution < 1.29 is 18.6 Å². The highest BCUT2D eigenvalue weighted by atomic mass is 16.7. The van der Waals surface area contributed by atoms with E-state index in [1.807, 2.05) is 6.08 Å². The Morgan fingerprint density at radius 1 is 0.862 bits per heavy atom. The molecule has 6 heteroatoms. The molecule has 1 aromatic carbocycles. The normalized spacial score (nSPS) is 25.2. The molecule has 29 heavy (non-hydrogen) atoms. The standard InChI is InChI=1S/C23H36B2O4/c1-10-12-18(16-24-26-20(2,3)21(4,5)27-24)17-13-11-14-19(15-17)25-28-22(6,7)23(8,9)29-25/h10-11,13-15,18H,1,12,16H2,2-9H3/t18-/m0/s1. The van der Waals surface area contributed by atoms with Gasteiger partial charge in [0.25, 0.3) is 0 Å². The van der Waals surface area contributed by atoms with Gasteiger partial charge in [0.2, 0.25) is 0 Å². The molecule has 3 rings (SSSR count). The lowest BCUT2D eigenvalue weighted by Gasteiger charge is -2.32. The molecular weight excluding hydrogens is 362 g/mol. The Kier molecular flexibility index (Phi) is 5.90. The third-order valence-electron chi connectivity index (χ3n) is 7.14. The van der Waals surface area contributed by atoms with Gasteiger partial charge in [-0.1, -0.05) is 30.3 Å². The van der Waals surface area contributed by atoms with Crippen LogP contribution < -0.4 is 5.46 Å². The van der Waals surface area contributed by atoms with E-state index in [0.717, 1.165) is 18.2 Å². The van der Waals surface area contributed by atoms with Crippen LogP contribution in [0.1, 0.15) is 73.3 Å². The third-order valence-corrected chi connectivity index (χ3v) is 7.14. The van der Waals surface area contributed by atoms with Crippen molar-refractivity contribution in [3.8, 4) is 0 Å². The van der Waals surface area contributed by atoms with Crippen molar-refractivity contribution in [2.75, 3.05) is 0 Å². The predicted molar refractivity (Wildman–Crippen MR) is 121 cm³/mol. The molecular formula is C23H36B2O4. The summed E-state index contributed by atoms with van der Waals surface area (Å²) in [6.07, 6.45) is 3.61. The minimum absolute atomic E-state index is 0.231. The molecule has 2 aliphatic heterocycles. The van der Waals surface area contributed by atoms with Crippen molar-refractivity contribution in [3.05, 3.63) is 42.5 Å². The molecule has 158 valence electrons. The van der Waals surface area contributed by atoms with Crippen molar-refractivity contribution >= 4 is 19.7 Å². The topological polar surface area (TPSA) is 36.9 Å². The van der Waals surface area contributed by atoms with E-state index >= 15 is 0 Å². The van der Waals surface area contributed by atoms with E-state index in [4.69, 9.17) is 18.6 Å². The Hall–Kier alpha value is -1.07. The molecule has 2 saturated heterocycles. The van der Waals surface area contributed by atoms with Crippen LogP contribution in [-0.4, -0.2) is 36.6 Å². The Morgan fingerprint density at radius 3 is 1.90 bits per heavy atom. The molecule has 1 aromatic rings. The van der Waals surface area contributed by atoms with Crippen LogP contribution in [-0.2, 0) is 18.6 Å². The van der Waals surface area contributed by atoms with E-state index in [-0.39, 0.29) is 42.6 Å². The first-order valence-electron chi connectivity index (χ1n) is 10.7. The monoisotopic (exact) mass is 398 g/mol. The van der Waals surface area contributed by atoms with Gasteiger partial charge in [0.15, 0.2) is 0 Å². The Balaban J connectivity index is 1.79. The van der Waals surface area contributed by atoms with E-state index in [2.05, 4.69) is 86.2 Å². The summed E-state index contributed by atoms with van der Waals surface area (Å²) in [5, 5.41) is 0. The largest absolute Gasteiger partial charge is 0.494 e. The Morgan fingerprint density at radius 2 is 1.38 bits per heavy atom. The molecule has 4 nitrogen and oxygen atoms in total. The van der Waals surface area contributed by atoms with Crippen LogP contribution in [0.25, 0.3) is 0 Å². The van der Waals surface area contributed by atoms with E-state index < -0.39 is 0 Å². The third kappa shape index (κ3) is 4.36. The van der Waals surface area contributed by atoms with Crippen LogP contribution in [0.4, 0.5) is 0 Å². The first-order chi connectivity index (χ1) is 13.3. The summed E-state index contributed by atoms with van der Waals surface area (Å²) < 4.78 is 25.0. The fourth-order valence-electron chi connectivity index (χ4n) is 3.80. The first kappa shape index (κ1) is 22.6. The average molecular weight is 398 g/mol. The number of allylic oxidation sites excluding steroid dienone is 1. The molecule has 2 heterocycles. The summed E-state index contributed by atoms with van der Waals surface area (Å²) in [5.41, 5.74) is 0.936. The minimum Gasteiger partial charge on any atom is -0.403 e. The van der Waals surface area contributed by atoms with Crippen LogP contribution in [0.2, 0.25) is 6.32 Å². The molecule has 0 unspecified atom stereocenters. The second-order valence-electron chi connectivity index (χ2n) is 10.4. The lowest BCUT2D eigenvalue weighted by molar-refractivity contribution is 0.00578. The van der Waals surface area contributed by atoms with Crippen LogP contribution >= 0.6 is 0 Å². The minimum atomic E-state index is -0.360. The number of rotatable bonds is 6. The van der Waals surface area contributed by atoms with E-state index in [1.165, 1.54) is 5.56 Å². The van der Waals surface area contributed by atoms with E-state index in [9.17, 15) is 0 Å². The molecule has 2 fully saturated rings. The zero-order chi connectivity index (χ0) is 21.7. The smallest absolute Gasteiger partial charge is 0.403 e. The maximum atomic E-state index is 6.24. The van der Waals surface area contributed by atoms with Gasteiger partial charge in [0, 0.05) is 0 Å². The highest BCUT2D eigenvalue weighted by Crippen LogP contribution is 2.41. The molecule has 0 radical (unpaired) electrons. The maximum Gasteiger partial charge on any atom is 0.494 e.